The second-order valence-corrected chi connectivity index (χ2v) is 12.9. The highest BCUT2D eigenvalue weighted by atomic mass is 28.4. The first-order chi connectivity index (χ1) is 11.6. The summed E-state index contributed by atoms with van der Waals surface area (Å²) in [6.45, 7) is 14.1. The van der Waals surface area contributed by atoms with Crippen LogP contribution >= 0.6 is 0 Å². The molecule has 0 spiro atoms. The molecular weight excluding hydrogens is 334 g/mol. The molecule has 0 aliphatic carbocycles. The molecule has 0 bridgehead atoms. The number of hydroxylamine groups is 2. The first kappa shape index (κ1) is 20.1. The van der Waals surface area contributed by atoms with Crippen LogP contribution in [0.4, 0.5) is 0 Å². The van der Waals surface area contributed by atoms with Gasteiger partial charge in [0.15, 0.2) is 8.32 Å². The molecule has 2 rings (SSSR count). The summed E-state index contributed by atoms with van der Waals surface area (Å²) >= 11 is 0. The Labute approximate surface area is 152 Å². The second kappa shape index (κ2) is 7.99. The van der Waals surface area contributed by atoms with Crippen LogP contribution in [0.25, 0.3) is 0 Å². The van der Waals surface area contributed by atoms with Gasteiger partial charge in [-0.1, -0.05) is 51.1 Å². The van der Waals surface area contributed by atoms with Crippen LogP contribution in [0.15, 0.2) is 30.3 Å². The van der Waals surface area contributed by atoms with Gasteiger partial charge in [-0.15, -0.1) is 0 Å². The van der Waals surface area contributed by atoms with Crippen LogP contribution in [0, 0.1) is 0 Å². The monoisotopic (exact) mass is 365 g/mol. The van der Waals surface area contributed by atoms with Crippen molar-refractivity contribution < 1.29 is 18.8 Å². The summed E-state index contributed by atoms with van der Waals surface area (Å²) in [4.78, 5) is 17.0. The maximum absolute atomic E-state index is 11.1. The molecule has 0 N–H and O–H groups in total. The van der Waals surface area contributed by atoms with Crippen molar-refractivity contribution in [3.8, 4) is 0 Å². The Bertz CT molecular complexity index is 571. The molecule has 1 aromatic rings. The van der Waals surface area contributed by atoms with Crippen molar-refractivity contribution >= 4 is 14.3 Å². The highest BCUT2D eigenvalue weighted by Crippen LogP contribution is 2.38. The molecule has 1 unspecified atom stereocenters. The maximum Gasteiger partial charge on any atom is 0.302 e. The zero-order chi connectivity index (χ0) is 18.7. The minimum atomic E-state index is -1.81. The highest BCUT2D eigenvalue weighted by Gasteiger charge is 2.51. The summed E-state index contributed by atoms with van der Waals surface area (Å²) in [5, 5.41) is 2.08. The molecule has 140 valence electrons. The molecule has 25 heavy (non-hydrogen) atoms. The van der Waals surface area contributed by atoms with Gasteiger partial charge in [-0.25, -0.2) is 0 Å². The SMILES string of the molecule is CC(=O)OC[C@H]1[C@@H](CO[Si](C)(C)C(C)(C)C)N1OCc1ccccc1. The lowest BCUT2D eigenvalue weighted by atomic mass is 10.2. The number of hydrogen-bond donors (Lipinski definition) is 0. The number of esters is 1. The number of hydrogen-bond acceptors (Lipinski definition) is 5. The van der Waals surface area contributed by atoms with Crippen molar-refractivity contribution in [3.05, 3.63) is 35.9 Å². The molecule has 6 heteroatoms. The Kier molecular flexibility index (Phi) is 6.43. The largest absolute Gasteiger partial charge is 0.464 e. The van der Waals surface area contributed by atoms with Crippen LogP contribution in [0.3, 0.4) is 0 Å². The minimum absolute atomic E-state index is 0.0670. The Hall–Kier alpha value is -1.21. The Morgan fingerprint density at radius 3 is 2.28 bits per heavy atom. The van der Waals surface area contributed by atoms with Crippen LogP contribution in [-0.2, 0) is 25.4 Å². The van der Waals surface area contributed by atoms with E-state index in [1.165, 1.54) is 6.92 Å². The van der Waals surface area contributed by atoms with Gasteiger partial charge in [0.2, 0.25) is 0 Å². The third-order valence-electron chi connectivity index (χ3n) is 5.11. The van der Waals surface area contributed by atoms with Gasteiger partial charge < -0.3 is 9.16 Å². The Morgan fingerprint density at radius 2 is 1.72 bits per heavy atom. The standard InChI is InChI=1S/C19H31NO4Si/c1-15(21)22-13-17-18(14-24-25(5,6)19(2,3)4)20(17)23-12-16-10-8-7-9-11-16/h7-11,17-18H,12-14H2,1-6H3/t17-,18+,20?/m0/s1. The number of rotatable bonds is 8. The summed E-state index contributed by atoms with van der Waals surface area (Å²) in [5.41, 5.74) is 1.12. The van der Waals surface area contributed by atoms with Crippen molar-refractivity contribution in [1.82, 2.24) is 5.06 Å². The molecule has 1 aliphatic rings. The van der Waals surface area contributed by atoms with Crippen molar-refractivity contribution in [1.29, 1.82) is 0 Å². The second-order valence-electron chi connectivity index (χ2n) is 8.13. The number of ether oxygens (including phenoxy) is 1. The van der Waals surface area contributed by atoms with Crippen LogP contribution in [0.2, 0.25) is 18.1 Å². The average molecular weight is 366 g/mol. The van der Waals surface area contributed by atoms with E-state index in [2.05, 4.69) is 33.9 Å². The van der Waals surface area contributed by atoms with E-state index in [1.54, 1.807) is 0 Å². The van der Waals surface area contributed by atoms with Gasteiger partial charge in [0.25, 0.3) is 0 Å². The molecular formula is C19H31NO4Si. The van der Waals surface area contributed by atoms with Gasteiger partial charge in [-0.3, -0.25) is 9.63 Å². The van der Waals surface area contributed by atoms with Crippen molar-refractivity contribution in [2.24, 2.45) is 0 Å². The van der Waals surface area contributed by atoms with Gasteiger partial charge in [0.1, 0.15) is 6.61 Å². The van der Waals surface area contributed by atoms with E-state index in [9.17, 15) is 4.79 Å². The predicted octanol–water partition coefficient (Wildman–Crippen LogP) is 3.76. The van der Waals surface area contributed by atoms with Gasteiger partial charge in [0.05, 0.1) is 25.3 Å². The number of nitrogens with zero attached hydrogens (tertiary/aromatic N) is 1. The molecule has 1 fully saturated rings. The van der Waals surface area contributed by atoms with E-state index in [0.717, 1.165) is 5.56 Å². The molecule has 0 radical (unpaired) electrons. The Morgan fingerprint density at radius 1 is 1.12 bits per heavy atom. The van der Waals surface area contributed by atoms with E-state index in [1.807, 2.05) is 35.4 Å². The summed E-state index contributed by atoms with van der Waals surface area (Å²) in [7, 11) is -1.81. The third-order valence-corrected chi connectivity index (χ3v) is 9.61. The van der Waals surface area contributed by atoms with Gasteiger partial charge in [-0.2, -0.15) is 5.06 Å². The topological polar surface area (TPSA) is 47.8 Å². The zero-order valence-electron chi connectivity index (χ0n) is 16.2. The van der Waals surface area contributed by atoms with Crippen molar-refractivity contribution in [2.45, 2.75) is 64.5 Å². The molecule has 1 heterocycles. The highest BCUT2D eigenvalue weighted by molar-refractivity contribution is 6.74. The van der Waals surface area contributed by atoms with E-state index >= 15 is 0 Å². The van der Waals surface area contributed by atoms with E-state index in [-0.39, 0.29) is 23.1 Å². The lowest BCUT2D eigenvalue weighted by Gasteiger charge is -2.36. The zero-order valence-corrected chi connectivity index (χ0v) is 17.2. The molecule has 0 saturated carbocycles. The maximum atomic E-state index is 11.1. The fourth-order valence-corrected chi connectivity index (χ4v) is 3.33. The molecule has 1 saturated heterocycles. The van der Waals surface area contributed by atoms with E-state index in [0.29, 0.717) is 19.8 Å². The summed E-state index contributed by atoms with van der Waals surface area (Å²) in [5.74, 6) is -0.265. The molecule has 3 atom stereocenters. The number of carbonyl (C=O) groups is 1. The normalized spacial score (nSPS) is 23.4. The molecule has 0 amide bonds. The summed E-state index contributed by atoms with van der Waals surface area (Å²) in [6, 6.07) is 10.2. The van der Waals surface area contributed by atoms with E-state index < -0.39 is 8.32 Å². The van der Waals surface area contributed by atoms with Crippen LogP contribution < -0.4 is 0 Å². The van der Waals surface area contributed by atoms with Crippen molar-refractivity contribution in [3.63, 3.8) is 0 Å². The molecule has 1 aliphatic heterocycles. The van der Waals surface area contributed by atoms with Crippen LogP contribution in [0.5, 0.6) is 0 Å². The summed E-state index contributed by atoms with van der Waals surface area (Å²) < 4.78 is 11.5. The minimum Gasteiger partial charge on any atom is -0.464 e. The van der Waals surface area contributed by atoms with Crippen LogP contribution in [0.1, 0.15) is 33.3 Å². The summed E-state index contributed by atoms with van der Waals surface area (Å²) in [6.07, 6.45) is 0. The van der Waals surface area contributed by atoms with Crippen molar-refractivity contribution in [2.75, 3.05) is 13.2 Å². The fraction of sp³-hybridized carbons (Fsp3) is 0.632. The number of carbonyl (C=O) groups excluding carboxylic acids is 1. The molecule has 1 aromatic carbocycles. The number of benzene rings is 1. The third kappa shape index (κ3) is 5.64. The Balaban J connectivity index is 1.90. The van der Waals surface area contributed by atoms with E-state index in [4.69, 9.17) is 14.0 Å². The van der Waals surface area contributed by atoms with Gasteiger partial charge >= 0.3 is 5.97 Å². The van der Waals surface area contributed by atoms with Crippen LogP contribution in [-0.4, -0.2) is 44.6 Å². The van der Waals surface area contributed by atoms with Gasteiger partial charge in [-0.05, 0) is 23.7 Å². The molecule has 0 aromatic heterocycles. The molecule has 5 nitrogen and oxygen atoms in total. The fourth-order valence-electron chi connectivity index (χ4n) is 2.31. The lowest BCUT2D eigenvalue weighted by molar-refractivity contribution is -0.143. The first-order valence-corrected chi connectivity index (χ1v) is 11.7. The first-order valence-electron chi connectivity index (χ1n) is 8.84. The smallest absolute Gasteiger partial charge is 0.302 e. The van der Waals surface area contributed by atoms with Gasteiger partial charge in [0, 0.05) is 6.92 Å². The average Bonchev–Trinajstić information content (AvgIpc) is 3.20. The lowest BCUT2D eigenvalue weighted by Crippen LogP contribution is -2.42. The quantitative estimate of drug-likeness (QED) is 0.399. The predicted molar refractivity (Wildman–Crippen MR) is 100 cm³/mol.